The van der Waals surface area contributed by atoms with Crippen molar-refractivity contribution in [3.8, 4) is 0 Å². The monoisotopic (exact) mass is 354 g/mol. The standard InChI is InChI=1S/C16H22N4OS.ClH/c1-11(17)12-5-4-8-20(9-12)10-15(21)19-16-18-13-6-2-3-7-14(13)22-16;/h2-3,6-7,11-12H,4-5,8-10,17H2,1H3,(H,18,19,21);1H. The molecule has 126 valence electrons. The summed E-state index contributed by atoms with van der Waals surface area (Å²) in [6.07, 6.45) is 2.27. The Labute approximate surface area is 146 Å². The van der Waals surface area contributed by atoms with Crippen LogP contribution in [0.1, 0.15) is 19.8 Å². The lowest BCUT2D eigenvalue weighted by Crippen LogP contribution is -2.45. The Morgan fingerprint density at radius 1 is 1.52 bits per heavy atom. The molecule has 1 fully saturated rings. The number of piperidine rings is 1. The van der Waals surface area contributed by atoms with Gasteiger partial charge in [-0.15, -0.1) is 12.4 Å². The first-order valence-corrected chi connectivity index (χ1v) is 8.57. The lowest BCUT2D eigenvalue weighted by Gasteiger charge is -2.34. The van der Waals surface area contributed by atoms with Crippen molar-refractivity contribution in [1.29, 1.82) is 0 Å². The number of nitrogens with zero attached hydrogens (tertiary/aromatic N) is 2. The molecule has 1 aliphatic heterocycles. The summed E-state index contributed by atoms with van der Waals surface area (Å²) in [5.74, 6) is 0.494. The van der Waals surface area contributed by atoms with E-state index >= 15 is 0 Å². The van der Waals surface area contributed by atoms with Crippen molar-refractivity contribution in [2.45, 2.75) is 25.8 Å². The van der Waals surface area contributed by atoms with E-state index in [-0.39, 0.29) is 24.4 Å². The van der Waals surface area contributed by atoms with Crippen LogP contribution in [0.5, 0.6) is 0 Å². The molecule has 0 saturated carbocycles. The summed E-state index contributed by atoms with van der Waals surface area (Å²) >= 11 is 1.51. The molecule has 7 heteroatoms. The van der Waals surface area contributed by atoms with Gasteiger partial charge in [0.05, 0.1) is 16.8 Å². The zero-order valence-electron chi connectivity index (χ0n) is 13.2. The molecule has 3 rings (SSSR count). The fraction of sp³-hybridized carbons (Fsp3) is 0.500. The quantitative estimate of drug-likeness (QED) is 0.885. The first kappa shape index (κ1) is 18.1. The van der Waals surface area contributed by atoms with Gasteiger partial charge in [-0.1, -0.05) is 23.5 Å². The Morgan fingerprint density at radius 2 is 2.30 bits per heavy atom. The molecule has 2 aromatic rings. The molecular weight excluding hydrogens is 332 g/mol. The number of nitrogens with two attached hydrogens (primary N) is 1. The van der Waals surface area contributed by atoms with E-state index in [1.54, 1.807) is 0 Å². The Bertz CT molecular complexity index is 627. The molecule has 2 atom stereocenters. The summed E-state index contributed by atoms with van der Waals surface area (Å²) in [6, 6.07) is 8.10. The Kier molecular flexibility index (Phi) is 6.35. The molecule has 1 aromatic heterocycles. The molecule has 2 heterocycles. The fourth-order valence-corrected chi connectivity index (χ4v) is 3.83. The number of fused-ring (bicyclic) bond motifs is 1. The second kappa shape index (κ2) is 8.06. The van der Waals surface area contributed by atoms with Crippen LogP contribution in [0.4, 0.5) is 5.13 Å². The van der Waals surface area contributed by atoms with Crippen molar-refractivity contribution >= 4 is 45.0 Å². The minimum absolute atomic E-state index is 0. The number of para-hydroxylation sites is 1. The number of aromatic nitrogens is 1. The highest BCUT2D eigenvalue weighted by molar-refractivity contribution is 7.22. The number of thiazole rings is 1. The van der Waals surface area contributed by atoms with Crippen molar-refractivity contribution < 1.29 is 4.79 Å². The highest BCUT2D eigenvalue weighted by Crippen LogP contribution is 2.25. The van der Waals surface area contributed by atoms with E-state index in [9.17, 15) is 4.79 Å². The topological polar surface area (TPSA) is 71.2 Å². The van der Waals surface area contributed by atoms with Crippen molar-refractivity contribution in [2.75, 3.05) is 25.0 Å². The van der Waals surface area contributed by atoms with Gasteiger partial charge in [0.2, 0.25) is 5.91 Å². The number of halogens is 1. The lowest BCUT2D eigenvalue weighted by molar-refractivity contribution is -0.117. The molecule has 0 bridgehead atoms. The summed E-state index contributed by atoms with van der Waals surface area (Å²) in [6.45, 7) is 4.34. The van der Waals surface area contributed by atoms with E-state index in [1.807, 2.05) is 24.3 Å². The highest BCUT2D eigenvalue weighted by atomic mass is 35.5. The van der Waals surface area contributed by atoms with Gasteiger partial charge in [-0.3, -0.25) is 9.69 Å². The van der Waals surface area contributed by atoms with Crippen LogP contribution in [0.15, 0.2) is 24.3 Å². The fourth-order valence-electron chi connectivity index (χ4n) is 2.95. The first-order chi connectivity index (χ1) is 10.6. The van der Waals surface area contributed by atoms with Crippen molar-refractivity contribution in [1.82, 2.24) is 9.88 Å². The number of hydrogen-bond acceptors (Lipinski definition) is 5. The summed E-state index contributed by atoms with van der Waals surface area (Å²) in [7, 11) is 0. The van der Waals surface area contributed by atoms with E-state index in [0.717, 1.165) is 36.1 Å². The van der Waals surface area contributed by atoms with Gasteiger partial charge in [0.15, 0.2) is 5.13 Å². The van der Waals surface area contributed by atoms with E-state index < -0.39 is 0 Å². The number of carbonyl (C=O) groups excluding carboxylic acids is 1. The van der Waals surface area contributed by atoms with Crippen molar-refractivity contribution in [2.24, 2.45) is 11.7 Å². The summed E-state index contributed by atoms with van der Waals surface area (Å²) in [4.78, 5) is 18.8. The van der Waals surface area contributed by atoms with Crippen LogP contribution >= 0.6 is 23.7 Å². The number of nitrogens with one attached hydrogen (secondary N) is 1. The van der Waals surface area contributed by atoms with E-state index in [1.165, 1.54) is 11.3 Å². The minimum atomic E-state index is 0. The zero-order valence-corrected chi connectivity index (χ0v) is 14.8. The van der Waals surface area contributed by atoms with Crippen LogP contribution in [0, 0.1) is 5.92 Å². The summed E-state index contributed by atoms with van der Waals surface area (Å²) in [5.41, 5.74) is 6.92. The van der Waals surface area contributed by atoms with Gasteiger partial charge < -0.3 is 11.1 Å². The van der Waals surface area contributed by atoms with Crippen LogP contribution in [-0.2, 0) is 4.79 Å². The summed E-state index contributed by atoms with van der Waals surface area (Å²) in [5, 5.41) is 3.59. The maximum absolute atomic E-state index is 12.2. The number of likely N-dealkylation sites (tertiary alicyclic amines) is 1. The number of amides is 1. The predicted molar refractivity (Wildman–Crippen MR) is 98.3 cm³/mol. The number of benzene rings is 1. The molecule has 3 N–H and O–H groups in total. The van der Waals surface area contributed by atoms with Crippen LogP contribution in [-0.4, -0.2) is 41.5 Å². The second-order valence-electron chi connectivity index (χ2n) is 6.03. The Hall–Kier alpha value is -1.21. The van der Waals surface area contributed by atoms with Crippen molar-refractivity contribution in [3.63, 3.8) is 0 Å². The molecule has 23 heavy (non-hydrogen) atoms. The third-order valence-electron chi connectivity index (χ3n) is 4.19. The molecule has 0 aliphatic carbocycles. The molecule has 0 radical (unpaired) electrons. The molecule has 2 unspecified atom stereocenters. The number of carbonyl (C=O) groups is 1. The average molecular weight is 355 g/mol. The van der Waals surface area contributed by atoms with Crippen LogP contribution in [0.25, 0.3) is 10.2 Å². The largest absolute Gasteiger partial charge is 0.328 e. The molecule has 1 aromatic carbocycles. The molecule has 1 amide bonds. The third kappa shape index (κ3) is 4.64. The average Bonchev–Trinajstić information content (AvgIpc) is 2.89. The molecule has 1 saturated heterocycles. The van der Waals surface area contributed by atoms with Gasteiger partial charge in [-0.05, 0) is 44.4 Å². The molecular formula is C16H23ClN4OS. The van der Waals surface area contributed by atoms with Gasteiger partial charge in [-0.2, -0.15) is 0 Å². The Balaban J connectivity index is 0.00000192. The van der Waals surface area contributed by atoms with Crippen LogP contribution < -0.4 is 11.1 Å². The molecule has 5 nitrogen and oxygen atoms in total. The first-order valence-electron chi connectivity index (χ1n) is 7.75. The Morgan fingerprint density at radius 3 is 3.04 bits per heavy atom. The SMILES string of the molecule is CC(N)C1CCCN(CC(=O)Nc2nc3ccccc3s2)C1.Cl. The third-order valence-corrected chi connectivity index (χ3v) is 5.14. The van der Waals surface area contributed by atoms with Gasteiger partial charge >= 0.3 is 0 Å². The summed E-state index contributed by atoms with van der Waals surface area (Å²) < 4.78 is 1.09. The molecule has 0 spiro atoms. The van der Waals surface area contributed by atoms with E-state index in [2.05, 4.69) is 22.1 Å². The van der Waals surface area contributed by atoms with Crippen molar-refractivity contribution in [3.05, 3.63) is 24.3 Å². The second-order valence-corrected chi connectivity index (χ2v) is 7.06. The lowest BCUT2D eigenvalue weighted by atomic mass is 9.92. The van der Waals surface area contributed by atoms with Gasteiger partial charge in [0, 0.05) is 12.6 Å². The van der Waals surface area contributed by atoms with Gasteiger partial charge in [0.1, 0.15) is 0 Å². The predicted octanol–water partition coefficient (Wildman–Crippen LogP) is 2.72. The van der Waals surface area contributed by atoms with Crippen LogP contribution in [0.3, 0.4) is 0 Å². The van der Waals surface area contributed by atoms with Crippen LogP contribution in [0.2, 0.25) is 0 Å². The number of anilines is 1. The normalized spacial score (nSPS) is 20.0. The van der Waals surface area contributed by atoms with Gasteiger partial charge in [-0.25, -0.2) is 4.98 Å². The smallest absolute Gasteiger partial charge is 0.240 e. The maximum atomic E-state index is 12.2. The number of hydrogen-bond donors (Lipinski definition) is 2. The molecule has 1 aliphatic rings. The zero-order chi connectivity index (χ0) is 15.5. The van der Waals surface area contributed by atoms with Gasteiger partial charge in [0.25, 0.3) is 0 Å². The van der Waals surface area contributed by atoms with E-state index in [0.29, 0.717) is 17.6 Å². The maximum Gasteiger partial charge on any atom is 0.240 e. The minimum Gasteiger partial charge on any atom is -0.328 e. The van der Waals surface area contributed by atoms with E-state index in [4.69, 9.17) is 5.73 Å². The number of rotatable bonds is 4. The highest BCUT2D eigenvalue weighted by Gasteiger charge is 2.24.